The van der Waals surface area contributed by atoms with Crippen molar-refractivity contribution in [2.24, 2.45) is 0 Å². The van der Waals surface area contributed by atoms with Gasteiger partial charge in [0.2, 0.25) is 0 Å². The molecule has 0 bridgehead atoms. The number of fused-ring (bicyclic) bond motifs is 1. The van der Waals surface area contributed by atoms with Crippen molar-refractivity contribution in [1.29, 1.82) is 0 Å². The first-order valence-electron chi connectivity index (χ1n) is 10.9. The van der Waals surface area contributed by atoms with Crippen LogP contribution in [0.1, 0.15) is 17.5 Å². The lowest BCUT2D eigenvalue weighted by atomic mass is 10.1. The van der Waals surface area contributed by atoms with Gasteiger partial charge in [0.05, 0.1) is 34.7 Å². The molecule has 0 aromatic heterocycles. The van der Waals surface area contributed by atoms with Crippen molar-refractivity contribution >= 4 is 41.8 Å². The summed E-state index contributed by atoms with van der Waals surface area (Å²) in [5.74, 6) is 0.275. The number of aryl methyl sites for hydroxylation is 1. The van der Waals surface area contributed by atoms with Crippen LogP contribution < -0.4 is 9.04 Å². The van der Waals surface area contributed by atoms with E-state index in [2.05, 4.69) is 20.1 Å². The monoisotopic (exact) mass is 619 g/mol. The van der Waals surface area contributed by atoms with Crippen LogP contribution in [0.4, 0.5) is 18.9 Å². The van der Waals surface area contributed by atoms with E-state index < -0.39 is 42.9 Å². The summed E-state index contributed by atoms with van der Waals surface area (Å²) in [5.41, 5.74) is -0.0727. The SMILES string of the molecule is COS(=O)(=O)c1ccc(CC[C@H]2CN(S(=O)(=O)c3cccc(C(F)(F)F)c3)c3cc(Br)ccc3O2)cc1. The molecule has 7 nitrogen and oxygen atoms in total. The zero-order chi connectivity index (χ0) is 27.0. The van der Waals surface area contributed by atoms with Crippen molar-refractivity contribution in [3.8, 4) is 5.75 Å². The smallest absolute Gasteiger partial charge is 0.416 e. The highest BCUT2D eigenvalue weighted by Gasteiger charge is 2.37. The molecule has 1 aliphatic heterocycles. The third-order valence-corrected chi connectivity index (χ3v) is 9.35. The number of benzene rings is 3. The number of alkyl halides is 3. The van der Waals surface area contributed by atoms with Crippen molar-refractivity contribution in [1.82, 2.24) is 0 Å². The van der Waals surface area contributed by atoms with E-state index in [0.717, 1.165) is 35.2 Å². The van der Waals surface area contributed by atoms with E-state index in [9.17, 15) is 30.0 Å². The number of anilines is 1. The number of nitrogens with zero attached hydrogens (tertiary/aromatic N) is 1. The van der Waals surface area contributed by atoms with Crippen LogP contribution in [-0.4, -0.2) is 36.6 Å². The molecule has 37 heavy (non-hydrogen) atoms. The number of rotatable bonds is 7. The van der Waals surface area contributed by atoms with Gasteiger partial charge in [0.15, 0.2) is 0 Å². The first kappa shape index (κ1) is 27.4. The number of ether oxygens (including phenoxy) is 1. The fourth-order valence-corrected chi connectivity index (χ4v) is 6.43. The minimum Gasteiger partial charge on any atom is -0.486 e. The second-order valence-electron chi connectivity index (χ2n) is 8.22. The highest BCUT2D eigenvalue weighted by Crippen LogP contribution is 2.40. The molecule has 0 fully saturated rings. The maximum Gasteiger partial charge on any atom is 0.416 e. The van der Waals surface area contributed by atoms with Crippen molar-refractivity contribution in [2.75, 3.05) is 18.0 Å². The molecule has 0 spiro atoms. The van der Waals surface area contributed by atoms with Crippen LogP contribution in [0, 0.1) is 0 Å². The molecule has 0 saturated carbocycles. The van der Waals surface area contributed by atoms with Crippen molar-refractivity contribution < 1.29 is 38.9 Å². The molecule has 198 valence electrons. The van der Waals surface area contributed by atoms with Crippen molar-refractivity contribution in [3.63, 3.8) is 0 Å². The lowest BCUT2D eigenvalue weighted by molar-refractivity contribution is -0.137. The van der Waals surface area contributed by atoms with Crippen LogP contribution in [0.25, 0.3) is 0 Å². The van der Waals surface area contributed by atoms with E-state index in [1.807, 2.05) is 0 Å². The zero-order valence-corrected chi connectivity index (χ0v) is 22.5. The maximum atomic E-state index is 13.5. The number of halogens is 4. The Hall–Kier alpha value is -2.61. The molecule has 0 aliphatic carbocycles. The molecule has 0 N–H and O–H groups in total. The van der Waals surface area contributed by atoms with Gasteiger partial charge in [-0.1, -0.05) is 34.1 Å². The summed E-state index contributed by atoms with van der Waals surface area (Å²) in [7, 11) is -7.12. The first-order valence-corrected chi connectivity index (χ1v) is 14.5. The average Bonchev–Trinajstić information content (AvgIpc) is 2.87. The Morgan fingerprint density at radius 3 is 2.35 bits per heavy atom. The van der Waals surface area contributed by atoms with Gasteiger partial charge < -0.3 is 4.74 Å². The van der Waals surface area contributed by atoms with E-state index in [1.165, 1.54) is 18.2 Å². The van der Waals surface area contributed by atoms with Gasteiger partial charge in [-0.3, -0.25) is 8.49 Å². The molecular weight excluding hydrogens is 599 g/mol. The lowest BCUT2D eigenvalue weighted by Crippen LogP contribution is -2.43. The Morgan fingerprint density at radius 2 is 1.70 bits per heavy atom. The highest BCUT2D eigenvalue weighted by atomic mass is 79.9. The molecule has 1 atom stereocenters. The third kappa shape index (κ3) is 5.95. The molecule has 1 heterocycles. The van der Waals surface area contributed by atoms with Gasteiger partial charge in [-0.05, 0) is 66.9 Å². The minimum absolute atomic E-state index is 0.00512. The summed E-state index contributed by atoms with van der Waals surface area (Å²) >= 11 is 3.30. The number of sulfonamides is 1. The summed E-state index contributed by atoms with van der Waals surface area (Å²) < 4.78 is 103. The van der Waals surface area contributed by atoms with Crippen LogP contribution in [0.5, 0.6) is 5.75 Å². The fourth-order valence-electron chi connectivity index (χ4n) is 3.87. The molecule has 3 aromatic carbocycles. The number of hydrogen-bond acceptors (Lipinski definition) is 6. The molecule has 3 aromatic rings. The van der Waals surface area contributed by atoms with Gasteiger partial charge in [-0.2, -0.15) is 21.6 Å². The van der Waals surface area contributed by atoms with E-state index >= 15 is 0 Å². The summed E-state index contributed by atoms with van der Waals surface area (Å²) in [6, 6.07) is 14.5. The molecule has 0 unspecified atom stereocenters. The average molecular weight is 620 g/mol. The van der Waals surface area contributed by atoms with Crippen LogP contribution in [0.15, 0.2) is 81.0 Å². The predicted molar refractivity (Wildman–Crippen MR) is 133 cm³/mol. The normalized spacial score (nSPS) is 16.2. The largest absolute Gasteiger partial charge is 0.486 e. The molecule has 13 heteroatoms. The van der Waals surface area contributed by atoms with E-state index in [0.29, 0.717) is 23.4 Å². The van der Waals surface area contributed by atoms with E-state index in [4.69, 9.17) is 4.74 Å². The third-order valence-electron chi connectivity index (χ3n) is 5.79. The van der Waals surface area contributed by atoms with Crippen LogP contribution in [0.2, 0.25) is 0 Å². The van der Waals surface area contributed by atoms with Crippen LogP contribution >= 0.6 is 15.9 Å². The van der Waals surface area contributed by atoms with Crippen LogP contribution in [-0.2, 0) is 36.9 Å². The summed E-state index contributed by atoms with van der Waals surface area (Å²) in [5, 5.41) is 0. The second kappa shape index (κ2) is 10.3. The van der Waals surface area contributed by atoms with Gasteiger partial charge in [0.25, 0.3) is 20.1 Å². The Labute approximate surface area is 221 Å². The van der Waals surface area contributed by atoms with Crippen LogP contribution in [0.3, 0.4) is 0 Å². The molecular formula is C24H21BrF3NO6S2. The van der Waals surface area contributed by atoms with Crippen molar-refractivity contribution in [3.05, 3.63) is 82.3 Å². The lowest BCUT2D eigenvalue weighted by Gasteiger charge is -2.35. The zero-order valence-electron chi connectivity index (χ0n) is 19.3. The van der Waals surface area contributed by atoms with Crippen molar-refractivity contribution in [2.45, 2.75) is 34.9 Å². The molecule has 0 radical (unpaired) electrons. The molecule has 1 aliphatic rings. The first-order chi connectivity index (χ1) is 17.3. The Bertz CT molecular complexity index is 1510. The maximum absolute atomic E-state index is 13.5. The number of hydrogen-bond donors (Lipinski definition) is 0. The van der Waals surface area contributed by atoms with E-state index in [1.54, 1.807) is 24.3 Å². The topological polar surface area (TPSA) is 90.0 Å². The van der Waals surface area contributed by atoms with Gasteiger partial charge in [-0.25, -0.2) is 8.42 Å². The minimum atomic E-state index is -4.70. The predicted octanol–water partition coefficient (Wildman–Crippen LogP) is 5.39. The molecule has 0 saturated heterocycles. The van der Waals surface area contributed by atoms with Gasteiger partial charge >= 0.3 is 6.18 Å². The van der Waals surface area contributed by atoms with Gasteiger partial charge in [-0.15, -0.1) is 0 Å². The second-order valence-corrected chi connectivity index (χ2v) is 12.7. The molecule has 0 amide bonds. The Balaban J connectivity index is 1.61. The quantitative estimate of drug-likeness (QED) is 0.329. The highest BCUT2D eigenvalue weighted by molar-refractivity contribution is 9.10. The van der Waals surface area contributed by atoms with E-state index in [-0.39, 0.29) is 22.9 Å². The Morgan fingerprint density at radius 1 is 1.00 bits per heavy atom. The summed E-state index contributed by atoms with van der Waals surface area (Å²) in [6.07, 6.45) is -4.52. The van der Waals surface area contributed by atoms with Gasteiger partial charge in [0, 0.05) is 4.47 Å². The summed E-state index contributed by atoms with van der Waals surface area (Å²) in [4.78, 5) is -0.477. The Kier molecular flexibility index (Phi) is 7.62. The van der Waals surface area contributed by atoms with Gasteiger partial charge in [0.1, 0.15) is 11.9 Å². The summed E-state index contributed by atoms with van der Waals surface area (Å²) in [6.45, 7) is -0.127. The fraction of sp³-hybridized carbons (Fsp3) is 0.250. The molecule has 4 rings (SSSR count). The standard InChI is InChI=1S/C24H21BrF3NO6S2/c1-34-37(32,33)20-10-6-16(7-11-20)5-9-19-15-29(22-14-18(25)8-12-23(22)35-19)36(30,31)21-4-2-3-17(13-21)24(26,27)28/h2-4,6-8,10-14,19H,5,9,15H2,1H3/t19-/m0/s1.